The molecule has 0 saturated carbocycles. The van der Waals surface area contributed by atoms with Crippen molar-refractivity contribution in [3.63, 3.8) is 0 Å². The summed E-state index contributed by atoms with van der Waals surface area (Å²) in [5, 5.41) is 14.7. The van der Waals surface area contributed by atoms with Gasteiger partial charge in [-0.2, -0.15) is 0 Å². The molecule has 4 nitrogen and oxygen atoms in total. The van der Waals surface area contributed by atoms with E-state index in [0.29, 0.717) is 0 Å². The van der Waals surface area contributed by atoms with Crippen LogP contribution in [0.4, 0.5) is 11.5 Å². The van der Waals surface area contributed by atoms with E-state index in [1.165, 1.54) is 6.21 Å². The van der Waals surface area contributed by atoms with Crippen molar-refractivity contribution < 1.29 is 5.21 Å². The van der Waals surface area contributed by atoms with Gasteiger partial charge in [0.15, 0.2) is 0 Å². The largest absolute Gasteiger partial charge is 0.411 e. The van der Waals surface area contributed by atoms with Crippen molar-refractivity contribution >= 4 is 17.7 Å². The fourth-order valence-electron chi connectivity index (χ4n) is 1.50. The molecule has 4 heteroatoms. The van der Waals surface area contributed by atoms with E-state index >= 15 is 0 Å². The Bertz CT molecular complexity index is 523. The second-order valence-electron chi connectivity index (χ2n) is 3.66. The molecule has 2 N–H and O–H groups in total. The Kier molecular flexibility index (Phi) is 3.35. The van der Waals surface area contributed by atoms with E-state index in [9.17, 15) is 0 Å². The van der Waals surface area contributed by atoms with Crippen LogP contribution in [0, 0.1) is 6.92 Å². The zero-order valence-electron chi connectivity index (χ0n) is 9.46. The fraction of sp³-hybridized carbons (Fsp3) is 0.0769. The van der Waals surface area contributed by atoms with Crippen molar-refractivity contribution in [1.82, 2.24) is 4.98 Å². The van der Waals surface area contributed by atoms with Crippen molar-refractivity contribution in [2.45, 2.75) is 6.92 Å². The minimum atomic E-state index is 0.767. The van der Waals surface area contributed by atoms with Crippen LogP contribution in [0.3, 0.4) is 0 Å². The number of para-hydroxylation sites is 1. The quantitative estimate of drug-likeness (QED) is 0.481. The van der Waals surface area contributed by atoms with Gasteiger partial charge in [0, 0.05) is 17.4 Å². The number of aromatic nitrogens is 1. The predicted octanol–water partition coefficient (Wildman–Crippen LogP) is 2.94. The van der Waals surface area contributed by atoms with Gasteiger partial charge in [0.1, 0.15) is 5.82 Å². The van der Waals surface area contributed by atoms with Crippen molar-refractivity contribution in [3.8, 4) is 0 Å². The molecule has 1 aromatic carbocycles. The number of rotatable bonds is 3. The number of pyridine rings is 1. The zero-order valence-corrected chi connectivity index (χ0v) is 9.46. The lowest BCUT2D eigenvalue weighted by Gasteiger charge is -2.07. The van der Waals surface area contributed by atoms with E-state index in [-0.39, 0.29) is 0 Å². The van der Waals surface area contributed by atoms with Crippen LogP contribution in [0.5, 0.6) is 0 Å². The summed E-state index contributed by atoms with van der Waals surface area (Å²) in [5.74, 6) is 0.767. The SMILES string of the molecule is Cc1cc(Nc2ccccc2)ncc1/C=N\O. The van der Waals surface area contributed by atoms with Gasteiger partial charge in [-0.05, 0) is 30.7 Å². The molecular formula is C13H13N3O. The van der Waals surface area contributed by atoms with E-state index in [0.717, 1.165) is 22.6 Å². The normalized spacial score (nSPS) is 10.6. The molecule has 0 spiro atoms. The summed E-state index contributed by atoms with van der Waals surface area (Å²) in [6.45, 7) is 1.94. The molecule has 0 radical (unpaired) electrons. The molecule has 0 aliphatic carbocycles. The molecule has 0 aliphatic heterocycles. The molecule has 86 valence electrons. The highest BCUT2D eigenvalue weighted by molar-refractivity contribution is 5.81. The summed E-state index contributed by atoms with van der Waals surface area (Å²) < 4.78 is 0. The maximum absolute atomic E-state index is 8.47. The lowest BCUT2D eigenvalue weighted by Crippen LogP contribution is -1.96. The second kappa shape index (κ2) is 5.12. The second-order valence-corrected chi connectivity index (χ2v) is 3.66. The van der Waals surface area contributed by atoms with E-state index in [2.05, 4.69) is 15.5 Å². The van der Waals surface area contributed by atoms with Crippen molar-refractivity contribution in [1.29, 1.82) is 0 Å². The maximum Gasteiger partial charge on any atom is 0.130 e. The third-order valence-electron chi connectivity index (χ3n) is 2.39. The van der Waals surface area contributed by atoms with Crippen LogP contribution in [-0.2, 0) is 0 Å². The molecule has 2 aromatic rings. The summed E-state index contributed by atoms with van der Waals surface area (Å²) in [4.78, 5) is 4.24. The van der Waals surface area contributed by atoms with Crippen molar-refractivity contribution in [2.24, 2.45) is 5.16 Å². The van der Waals surface area contributed by atoms with Crippen LogP contribution in [0.15, 0.2) is 47.8 Å². The monoisotopic (exact) mass is 227 g/mol. The van der Waals surface area contributed by atoms with Gasteiger partial charge in [0.2, 0.25) is 0 Å². The Balaban J connectivity index is 2.21. The van der Waals surface area contributed by atoms with Gasteiger partial charge in [0.05, 0.1) is 6.21 Å². The average molecular weight is 227 g/mol. The molecule has 0 saturated heterocycles. The molecule has 17 heavy (non-hydrogen) atoms. The Hall–Kier alpha value is -2.36. The maximum atomic E-state index is 8.47. The van der Waals surface area contributed by atoms with Crippen LogP contribution in [0.2, 0.25) is 0 Å². The smallest absolute Gasteiger partial charge is 0.130 e. The third-order valence-corrected chi connectivity index (χ3v) is 2.39. The van der Waals surface area contributed by atoms with E-state index in [1.807, 2.05) is 43.3 Å². The first-order chi connectivity index (χ1) is 8.29. The number of nitrogens with one attached hydrogen (secondary N) is 1. The highest BCUT2D eigenvalue weighted by atomic mass is 16.4. The highest BCUT2D eigenvalue weighted by Crippen LogP contribution is 2.16. The first-order valence-corrected chi connectivity index (χ1v) is 5.26. The molecule has 0 unspecified atom stereocenters. The summed E-state index contributed by atoms with van der Waals surface area (Å²) in [7, 11) is 0. The molecule has 0 atom stereocenters. The Morgan fingerprint density at radius 1 is 1.29 bits per heavy atom. The lowest BCUT2D eigenvalue weighted by molar-refractivity contribution is 0.322. The van der Waals surface area contributed by atoms with E-state index in [4.69, 9.17) is 5.21 Å². The fourth-order valence-corrected chi connectivity index (χ4v) is 1.50. The van der Waals surface area contributed by atoms with E-state index < -0.39 is 0 Å². The topological polar surface area (TPSA) is 57.5 Å². The number of aryl methyl sites for hydroxylation is 1. The molecule has 0 bridgehead atoms. The van der Waals surface area contributed by atoms with Gasteiger partial charge >= 0.3 is 0 Å². The summed E-state index contributed by atoms with van der Waals surface area (Å²) in [6.07, 6.45) is 3.04. The van der Waals surface area contributed by atoms with Gasteiger partial charge in [-0.15, -0.1) is 0 Å². The molecule has 0 amide bonds. The van der Waals surface area contributed by atoms with Gasteiger partial charge in [-0.3, -0.25) is 0 Å². The van der Waals surface area contributed by atoms with Crippen LogP contribution < -0.4 is 5.32 Å². The van der Waals surface area contributed by atoms with Crippen LogP contribution in [0.25, 0.3) is 0 Å². The standard InChI is InChI=1S/C13H13N3O/c1-10-7-13(14-8-11(10)9-15-17)16-12-5-3-2-4-6-12/h2-9,17H,1H3,(H,14,16)/b15-9-. The van der Waals surface area contributed by atoms with Crippen molar-refractivity contribution in [3.05, 3.63) is 53.7 Å². The summed E-state index contributed by atoms with van der Waals surface area (Å²) in [5.41, 5.74) is 2.78. The molecule has 2 rings (SSSR count). The third kappa shape index (κ3) is 2.81. The van der Waals surface area contributed by atoms with Gasteiger partial charge in [-0.1, -0.05) is 23.4 Å². The first-order valence-electron chi connectivity index (χ1n) is 5.26. The number of hydrogen-bond donors (Lipinski definition) is 2. The minimum Gasteiger partial charge on any atom is -0.411 e. The summed E-state index contributed by atoms with van der Waals surface area (Å²) in [6, 6.07) is 11.7. The number of benzene rings is 1. The van der Waals surface area contributed by atoms with Gasteiger partial charge < -0.3 is 10.5 Å². The first kappa shape index (κ1) is 11.1. The predicted molar refractivity (Wildman–Crippen MR) is 68.1 cm³/mol. The number of oxime groups is 1. The molecule has 1 aromatic heterocycles. The molecular weight excluding hydrogens is 214 g/mol. The Morgan fingerprint density at radius 3 is 2.71 bits per heavy atom. The van der Waals surface area contributed by atoms with Gasteiger partial charge in [0.25, 0.3) is 0 Å². The number of hydrogen-bond acceptors (Lipinski definition) is 4. The molecule has 1 heterocycles. The molecule has 0 aliphatic rings. The number of anilines is 2. The van der Waals surface area contributed by atoms with Crippen molar-refractivity contribution in [2.75, 3.05) is 5.32 Å². The van der Waals surface area contributed by atoms with Gasteiger partial charge in [-0.25, -0.2) is 4.98 Å². The van der Waals surface area contributed by atoms with Crippen LogP contribution >= 0.6 is 0 Å². The number of nitrogens with zero attached hydrogens (tertiary/aromatic N) is 2. The average Bonchev–Trinajstić information content (AvgIpc) is 2.34. The van der Waals surface area contributed by atoms with Crippen LogP contribution in [-0.4, -0.2) is 16.4 Å². The molecule has 0 fully saturated rings. The lowest BCUT2D eigenvalue weighted by atomic mass is 10.2. The zero-order chi connectivity index (χ0) is 12.1. The highest BCUT2D eigenvalue weighted by Gasteiger charge is 2.00. The van der Waals surface area contributed by atoms with E-state index in [1.54, 1.807) is 6.20 Å². The Labute approximate surface area is 99.6 Å². The Morgan fingerprint density at radius 2 is 2.06 bits per heavy atom. The minimum absolute atomic E-state index is 0.767. The summed E-state index contributed by atoms with van der Waals surface area (Å²) >= 11 is 0. The van der Waals surface area contributed by atoms with Crippen LogP contribution in [0.1, 0.15) is 11.1 Å².